The first-order valence-electron chi connectivity index (χ1n) is 9.82. The van der Waals surface area contributed by atoms with Crippen LogP contribution in [0.1, 0.15) is 18.1 Å². The molecule has 0 aliphatic rings. The molecule has 0 heterocycles. The van der Waals surface area contributed by atoms with Gasteiger partial charge in [-0.2, -0.15) is 5.26 Å². The lowest BCUT2D eigenvalue weighted by Crippen LogP contribution is -2.13. The van der Waals surface area contributed by atoms with E-state index >= 15 is 0 Å². The van der Waals surface area contributed by atoms with E-state index in [9.17, 15) is 10.1 Å². The van der Waals surface area contributed by atoms with E-state index in [2.05, 4.69) is 50.5 Å². The quantitative estimate of drug-likeness (QED) is 0.174. The van der Waals surface area contributed by atoms with Crippen LogP contribution in [0.4, 0.5) is 5.69 Å². The minimum absolute atomic E-state index is 0.000229. The Balaban J connectivity index is 1.83. The van der Waals surface area contributed by atoms with Crippen molar-refractivity contribution in [1.29, 1.82) is 5.26 Å². The van der Waals surface area contributed by atoms with Crippen LogP contribution in [0, 0.1) is 18.5 Å². The van der Waals surface area contributed by atoms with Crippen molar-refractivity contribution in [3.05, 3.63) is 90.6 Å². The van der Waals surface area contributed by atoms with E-state index in [4.69, 9.17) is 9.47 Å². The van der Waals surface area contributed by atoms with Crippen LogP contribution in [0.25, 0.3) is 6.08 Å². The molecule has 0 aliphatic carbocycles. The van der Waals surface area contributed by atoms with Gasteiger partial charge in [-0.15, -0.1) is 0 Å². The van der Waals surface area contributed by atoms with Gasteiger partial charge in [-0.1, -0.05) is 30.3 Å². The van der Waals surface area contributed by atoms with Gasteiger partial charge in [0.05, 0.1) is 10.2 Å². The summed E-state index contributed by atoms with van der Waals surface area (Å²) in [6.07, 6.45) is 1.55. The van der Waals surface area contributed by atoms with E-state index < -0.39 is 5.91 Å². The Kier molecular flexibility index (Phi) is 8.93. The summed E-state index contributed by atoms with van der Waals surface area (Å²) in [5, 5.41) is 12.3. The fraction of sp³-hybridized carbons (Fsp3) is 0.120. The summed E-state index contributed by atoms with van der Waals surface area (Å²) in [6.45, 7) is 2.77. The highest BCUT2D eigenvalue weighted by Crippen LogP contribution is 2.35. The van der Waals surface area contributed by atoms with E-state index in [0.717, 1.165) is 12.7 Å². The van der Waals surface area contributed by atoms with Crippen molar-refractivity contribution in [1.82, 2.24) is 0 Å². The first kappa shape index (κ1) is 24.1. The normalized spacial score (nSPS) is 10.9. The van der Waals surface area contributed by atoms with Crippen LogP contribution in [0.5, 0.6) is 11.5 Å². The number of amides is 1. The summed E-state index contributed by atoms with van der Waals surface area (Å²) < 4.78 is 13.7. The average molecular weight is 650 g/mol. The van der Waals surface area contributed by atoms with Gasteiger partial charge in [0.25, 0.3) is 5.91 Å². The lowest BCUT2D eigenvalue weighted by atomic mass is 10.1. The van der Waals surface area contributed by atoms with E-state index in [1.165, 1.54) is 0 Å². The molecule has 0 aliphatic heterocycles. The fourth-order valence-electron chi connectivity index (χ4n) is 2.85. The molecule has 1 amide bonds. The average Bonchev–Trinajstić information content (AvgIpc) is 2.79. The molecule has 0 fully saturated rings. The molecule has 0 saturated heterocycles. The molecule has 3 aromatic carbocycles. The topological polar surface area (TPSA) is 71.3 Å². The molecule has 5 nitrogen and oxygen atoms in total. The third-order valence-electron chi connectivity index (χ3n) is 4.34. The van der Waals surface area contributed by atoms with Crippen LogP contribution in [-0.2, 0) is 11.4 Å². The SMILES string of the molecule is CCOc1cc(/C=C(/C#N)C(=O)Nc2ccc(I)cc2)cc(I)c1OCc1ccccc1. The number of anilines is 1. The molecule has 1 N–H and O–H groups in total. The highest BCUT2D eigenvalue weighted by Gasteiger charge is 2.15. The highest BCUT2D eigenvalue weighted by atomic mass is 127. The van der Waals surface area contributed by atoms with Crippen molar-refractivity contribution in [3.8, 4) is 17.6 Å². The maximum Gasteiger partial charge on any atom is 0.266 e. The van der Waals surface area contributed by atoms with Crippen LogP contribution in [-0.4, -0.2) is 12.5 Å². The number of halogens is 2. The van der Waals surface area contributed by atoms with Gasteiger partial charge in [0.15, 0.2) is 11.5 Å². The predicted octanol–water partition coefficient (Wildman–Crippen LogP) is 6.42. The summed E-state index contributed by atoms with van der Waals surface area (Å²) >= 11 is 4.36. The Bertz CT molecular complexity index is 1150. The first-order chi connectivity index (χ1) is 15.5. The Morgan fingerprint density at radius 3 is 2.44 bits per heavy atom. The second-order valence-corrected chi connectivity index (χ2v) is 9.08. The van der Waals surface area contributed by atoms with E-state index in [-0.39, 0.29) is 5.57 Å². The standard InChI is InChI=1S/C25H20I2N2O3/c1-2-31-23-14-18(13-22(27)24(23)32-16-17-6-4-3-5-7-17)12-19(15-28)25(30)29-21-10-8-20(26)9-11-21/h3-14H,2,16H2,1H3,(H,29,30)/b19-12-. The summed E-state index contributed by atoms with van der Waals surface area (Å²) in [4.78, 5) is 12.6. The van der Waals surface area contributed by atoms with Gasteiger partial charge in [0, 0.05) is 9.26 Å². The van der Waals surface area contributed by atoms with Gasteiger partial charge < -0.3 is 14.8 Å². The van der Waals surface area contributed by atoms with Crippen LogP contribution < -0.4 is 14.8 Å². The monoisotopic (exact) mass is 650 g/mol. The Labute approximate surface area is 214 Å². The minimum Gasteiger partial charge on any atom is -0.490 e. The molecular weight excluding hydrogens is 630 g/mol. The molecule has 0 aromatic heterocycles. The number of nitrogens with one attached hydrogen (secondary N) is 1. The molecule has 0 spiro atoms. The molecule has 32 heavy (non-hydrogen) atoms. The predicted molar refractivity (Wildman–Crippen MR) is 142 cm³/mol. The maximum atomic E-state index is 12.6. The molecule has 0 bridgehead atoms. The number of nitriles is 1. The van der Waals surface area contributed by atoms with Gasteiger partial charge in [0.2, 0.25) is 0 Å². The molecule has 162 valence electrons. The molecular formula is C25H20I2N2O3. The highest BCUT2D eigenvalue weighted by molar-refractivity contribution is 14.1. The number of rotatable bonds is 8. The van der Waals surface area contributed by atoms with Crippen molar-refractivity contribution in [2.45, 2.75) is 13.5 Å². The van der Waals surface area contributed by atoms with Crippen molar-refractivity contribution >= 4 is 62.9 Å². The van der Waals surface area contributed by atoms with Crippen molar-refractivity contribution in [2.24, 2.45) is 0 Å². The van der Waals surface area contributed by atoms with Crippen LogP contribution >= 0.6 is 45.2 Å². The number of carbonyl (C=O) groups excluding carboxylic acids is 1. The summed E-state index contributed by atoms with van der Waals surface area (Å²) in [5.74, 6) is 0.735. The first-order valence-corrected chi connectivity index (χ1v) is 12.0. The van der Waals surface area contributed by atoms with Crippen LogP contribution in [0.15, 0.2) is 72.3 Å². The molecule has 3 rings (SSSR count). The number of hydrogen-bond acceptors (Lipinski definition) is 4. The van der Waals surface area contributed by atoms with Crippen LogP contribution in [0.3, 0.4) is 0 Å². The van der Waals surface area contributed by atoms with E-state index in [1.54, 1.807) is 24.3 Å². The van der Waals surface area contributed by atoms with E-state index in [1.807, 2.05) is 61.5 Å². The summed E-state index contributed by atoms with van der Waals surface area (Å²) in [6, 6.07) is 22.9. The second kappa shape index (κ2) is 11.9. The smallest absolute Gasteiger partial charge is 0.266 e. The van der Waals surface area contributed by atoms with Gasteiger partial charge in [-0.25, -0.2) is 0 Å². The molecule has 0 saturated carbocycles. The number of benzene rings is 3. The lowest BCUT2D eigenvalue weighted by Gasteiger charge is -2.15. The third-order valence-corrected chi connectivity index (χ3v) is 5.86. The maximum absolute atomic E-state index is 12.6. The second-order valence-electron chi connectivity index (χ2n) is 6.67. The number of ether oxygens (including phenoxy) is 2. The van der Waals surface area contributed by atoms with Crippen molar-refractivity contribution in [3.63, 3.8) is 0 Å². The molecule has 0 unspecified atom stereocenters. The number of nitrogens with zero attached hydrogens (tertiary/aromatic N) is 1. The zero-order chi connectivity index (χ0) is 22.9. The Morgan fingerprint density at radius 2 is 1.78 bits per heavy atom. The van der Waals surface area contributed by atoms with Gasteiger partial charge in [0.1, 0.15) is 18.2 Å². The summed E-state index contributed by atoms with van der Waals surface area (Å²) in [7, 11) is 0. The number of carbonyl (C=O) groups is 1. The number of hydrogen-bond donors (Lipinski definition) is 1. The fourth-order valence-corrected chi connectivity index (χ4v) is 3.99. The molecule has 3 aromatic rings. The molecule has 0 radical (unpaired) electrons. The van der Waals surface area contributed by atoms with E-state index in [0.29, 0.717) is 36.0 Å². The minimum atomic E-state index is -0.467. The zero-order valence-corrected chi connectivity index (χ0v) is 21.6. The Hall–Kier alpha value is -2.58. The van der Waals surface area contributed by atoms with Gasteiger partial charge >= 0.3 is 0 Å². The molecule has 7 heteroatoms. The summed E-state index contributed by atoms with van der Waals surface area (Å²) in [5.41, 5.74) is 2.36. The largest absolute Gasteiger partial charge is 0.490 e. The van der Waals surface area contributed by atoms with Gasteiger partial charge in [-0.3, -0.25) is 4.79 Å². The van der Waals surface area contributed by atoms with Gasteiger partial charge in [-0.05, 0) is 106 Å². The van der Waals surface area contributed by atoms with Crippen molar-refractivity contribution < 1.29 is 14.3 Å². The molecule has 0 atom stereocenters. The third kappa shape index (κ3) is 6.71. The lowest BCUT2D eigenvalue weighted by molar-refractivity contribution is -0.112. The Morgan fingerprint density at radius 1 is 1.06 bits per heavy atom. The van der Waals surface area contributed by atoms with Crippen molar-refractivity contribution in [2.75, 3.05) is 11.9 Å². The zero-order valence-electron chi connectivity index (χ0n) is 17.3. The van der Waals surface area contributed by atoms with Crippen LogP contribution in [0.2, 0.25) is 0 Å².